The zero-order valence-corrected chi connectivity index (χ0v) is 12.1. The third-order valence-corrected chi connectivity index (χ3v) is 4.01. The molecular formula is C15H15ClFNS. The molecule has 1 unspecified atom stereocenters. The summed E-state index contributed by atoms with van der Waals surface area (Å²) in [5.74, 6) is -0.223. The quantitative estimate of drug-likeness (QED) is 0.897. The predicted octanol–water partition coefficient (Wildman–Crippen LogP) is 4.52. The lowest BCUT2D eigenvalue weighted by molar-refractivity contribution is 0.602. The van der Waals surface area contributed by atoms with E-state index in [2.05, 4.69) is 0 Å². The van der Waals surface area contributed by atoms with E-state index in [1.54, 1.807) is 12.1 Å². The Bertz CT molecular complexity index is 572. The van der Waals surface area contributed by atoms with Crippen LogP contribution in [0.25, 0.3) is 0 Å². The van der Waals surface area contributed by atoms with Gasteiger partial charge >= 0.3 is 0 Å². The van der Waals surface area contributed by atoms with Gasteiger partial charge in [-0.2, -0.15) is 0 Å². The van der Waals surface area contributed by atoms with E-state index in [4.69, 9.17) is 17.3 Å². The Balaban J connectivity index is 2.33. The smallest absolute Gasteiger partial charge is 0.137 e. The summed E-state index contributed by atoms with van der Waals surface area (Å²) in [6, 6.07) is 12.4. The van der Waals surface area contributed by atoms with Crippen molar-refractivity contribution >= 4 is 23.4 Å². The number of halogens is 2. The SMILES string of the molecule is CC(N)Cc1ccc(Cl)cc1Sc1ccccc1F. The molecule has 0 heterocycles. The fraction of sp³-hybridized carbons (Fsp3) is 0.200. The van der Waals surface area contributed by atoms with Gasteiger partial charge in [-0.3, -0.25) is 0 Å². The first-order valence-electron chi connectivity index (χ1n) is 6.02. The highest BCUT2D eigenvalue weighted by Gasteiger charge is 2.10. The fourth-order valence-electron chi connectivity index (χ4n) is 1.78. The van der Waals surface area contributed by atoms with Gasteiger partial charge in [-0.05, 0) is 43.2 Å². The first-order valence-corrected chi connectivity index (χ1v) is 7.22. The zero-order valence-electron chi connectivity index (χ0n) is 10.6. The molecule has 4 heteroatoms. The van der Waals surface area contributed by atoms with E-state index in [-0.39, 0.29) is 11.9 Å². The second-order valence-electron chi connectivity index (χ2n) is 4.47. The van der Waals surface area contributed by atoms with Gasteiger partial charge in [0.15, 0.2) is 0 Å². The molecule has 0 saturated carbocycles. The maximum atomic E-state index is 13.7. The largest absolute Gasteiger partial charge is 0.328 e. The van der Waals surface area contributed by atoms with Crippen LogP contribution in [0.3, 0.4) is 0 Å². The van der Waals surface area contributed by atoms with Gasteiger partial charge in [-0.25, -0.2) is 4.39 Å². The van der Waals surface area contributed by atoms with Crippen molar-refractivity contribution < 1.29 is 4.39 Å². The number of rotatable bonds is 4. The van der Waals surface area contributed by atoms with Crippen molar-refractivity contribution in [3.8, 4) is 0 Å². The first-order chi connectivity index (χ1) is 9.06. The van der Waals surface area contributed by atoms with Crippen molar-refractivity contribution in [1.29, 1.82) is 0 Å². The minimum atomic E-state index is -0.223. The van der Waals surface area contributed by atoms with Crippen LogP contribution in [-0.4, -0.2) is 6.04 Å². The summed E-state index contributed by atoms with van der Waals surface area (Å²) in [7, 11) is 0. The lowest BCUT2D eigenvalue weighted by atomic mass is 10.1. The molecule has 0 bridgehead atoms. The van der Waals surface area contributed by atoms with Crippen LogP contribution in [0.1, 0.15) is 12.5 Å². The van der Waals surface area contributed by atoms with E-state index in [9.17, 15) is 4.39 Å². The molecule has 0 aliphatic rings. The van der Waals surface area contributed by atoms with Crippen molar-refractivity contribution in [2.24, 2.45) is 5.73 Å². The second kappa shape index (κ2) is 6.42. The van der Waals surface area contributed by atoms with Gasteiger partial charge in [0.2, 0.25) is 0 Å². The average Bonchev–Trinajstić information content (AvgIpc) is 2.35. The summed E-state index contributed by atoms with van der Waals surface area (Å²) in [4.78, 5) is 1.55. The Hall–Kier alpha value is -1.03. The molecule has 2 aromatic rings. The molecule has 0 aliphatic heterocycles. The van der Waals surface area contributed by atoms with Crippen LogP contribution >= 0.6 is 23.4 Å². The van der Waals surface area contributed by atoms with Crippen molar-refractivity contribution in [2.45, 2.75) is 29.2 Å². The zero-order chi connectivity index (χ0) is 13.8. The number of hydrogen-bond acceptors (Lipinski definition) is 2. The minimum Gasteiger partial charge on any atom is -0.328 e. The number of hydrogen-bond donors (Lipinski definition) is 1. The van der Waals surface area contributed by atoms with E-state index >= 15 is 0 Å². The van der Waals surface area contributed by atoms with E-state index in [1.807, 2.05) is 31.2 Å². The van der Waals surface area contributed by atoms with Crippen molar-refractivity contribution in [3.63, 3.8) is 0 Å². The Kier molecular flexibility index (Phi) is 4.86. The van der Waals surface area contributed by atoms with E-state index in [1.165, 1.54) is 17.8 Å². The molecule has 19 heavy (non-hydrogen) atoms. The van der Waals surface area contributed by atoms with E-state index in [0.29, 0.717) is 9.92 Å². The molecule has 0 saturated heterocycles. The van der Waals surface area contributed by atoms with E-state index < -0.39 is 0 Å². The molecule has 0 spiro atoms. The summed E-state index contributed by atoms with van der Waals surface area (Å²) in [5, 5.41) is 0.646. The van der Waals surface area contributed by atoms with Crippen LogP contribution in [0.4, 0.5) is 4.39 Å². The predicted molar refractivity (Wildman–Crippen MR) is 79.3 cm³/mol. The van der Waals surface area contributed by atoms with Crippen molar-refractivity contribution in [3.05, 3.63) is 58.9 Å². The van der Waals surface area contributed by atoms with Crippen molar-refractivity contribution in [2.75, 3.05) is 0 Å². The molecular weight excluding hydrogens is 281 g/mol. The van der Waals surface area contributed by atoms with Gasteiger partial charge in [0, 0.05) is 20.9 Å². The van der Waals surface area contributed by atoms with Gasteiger partial charge in [0.1, 0.15) is 5.82 Å². The molecule has 0 aliphatic carbocycles. The maximum Gasteiger partial charge on any atom is 0.137 e. The van der Waals surface area contributed by atoms with Gasteiger partial charge in [-0.15, -0.1) is 0 Å². The summed E-state index contributed by atoms with van der Waals surface area (Å²) < 4.78 is 13.7. The highest BCUT2D eigenvalue weighted by Crippen LogP contribution is 2.34. The lowest BCUT2D eigenvalue weighted by Gasteiger charge is -2.12. The van der Waals surface area contributed by atoms with Crippen LogP contribution in [0.15, 0.2) is 52.3 Å². The maximum absolute atomic E-state index is 13.7. The standard InChI is InChI=1S/C15H15ClFNS/c1-10(18)8-11-6-7-12(16)9-15(11)19-14-5-3-2-4-13(14)17/h2-7,9-10H,8,18H2,1H3. The molecule has 0 radical (unpaired) electrons. The summed E-state index contributed by atoms with van der Waals surface area (Å²) in [6.07, 6.45) is 0.744. The minimum absolute atomic E-state index is 0.0566. The average molecular weight is 296 g/mol. The topological polar surface area (TPSA) is 26.0 Å². The fourth-order valence-corrected chi connectivity index (χ4v) is 3.04. The second-order valence-corrected chi connectivity index (χ2v) is 5.99. The highest BCUT2D eigenvalue weighted by molar-refractivity contribution is 7.99. The van der Waals surface area contributed by atoms with Crippen LogP contribution in [0.2, 0.25) is 5.02 Å². The molecule has 100 valence electrons. The van der Waals surface area contributed by atoms with Crippen LogP contribution in [-0.2, 0) is 6.42 Å². The monoisotopic (exact) mass is 295 g/mol. The normalized spacial score (nSPS) is 12.4. The molecule has 2 N–H and O–H groups in total. The Labute approximate surface area is 122 Å². The molecule has 0 amide bonds. The molecule has 2 rings (SSSR count). The molecule has 0 fully saturated rings. The molecule has 1 nitrogen and oxygen atoms in total. The lowest BCUT2D eigenvalue weighted by Crippen LogP contribution is -2.18. The Morgan fingerprint density at radius 3 is 2.63 bits per heavy atom. The van der Waals surface area contributed by atoms with Gasteiger partial charge in [0.05, 0.1) is 0 Å². The van der Waals surface area contributed by atoms with E-state index in [0.717, 1.165) is 16.9 Å². The summed E-state index contributed by atoms with van der Waals surface area (Å²) in [6.45, 7) is 1.95. The van der Waals surface area contributed by atoms with Crippen LogP contribution < -0.4 is 5.73 Å². The summed E-state index contributed by atoms with van der Waals surface area (Å²) >= 11 is 7.40. The van der Waals surface area contributed by atoms with Crippen LogP contribution in [0.5, 0.6) is 0 Å². The Morgan fingerprint density at radius 2 is 1.95 bits per heavy atom. The molecule has 0 aromatic heterocycles. The third-order valence-electron chi connectivity index (χ3n) is 2.63. The molecule has 2 aromatic carbocycles. The molecule has 1 atom stereocenters. The number of nitrogens with two attached hydrogens (primary N) is 1. The van der Waals surface area contributed by atoms with Gasteiger partial charge < -0.3 is 5.73 Å². The number of benzene rings is 2. The summed E-state index contributed by atoms with van der Waals surface area (Å²) in [5.41, 5.74) is 6.93. The van der Waals surface area contributed by atoms with Gasteiger partial charge in [-0.1, -0.05) is 41.6 Å². The highest BCUT2D eigenvalue weighted by atomic mass is 35.5. The van der Waals surface area contributed by atoms with Gasteiger partial charge in [0.25, 0.3) is 0 Å². The first kappa shape index (κ1) is 14.4. The third kappa shape index (κ3) is 3.96. The van der Waals surface area contributed by atoms with Crippen molar-refractivity contribution in [1.82, 2.24) is 0 Å². The Morgan fingerprint density at radius 1 is 1.21 bits per heavy atom. The van der Waals surface area contributed by atoms with Crippen LogP contribution in [0, 0.1) is 5.82 Å².